The van der Waals surface area contributed by atoms with Gasteiger partial charge in [-0.25, -0.2) is 14.8 Å². The Kier molecular flexibility index (Phi) is 4.59. The number of hydrogen-bond donors (Lipinski definition) is 1. The number of nitrogens with one attached hydrogen (secondary N) is 1. The summed E-state index contributed by atoms with van der Waals surface area (Å²) < 4.78 is 6.59. The highest BCUT2D eigenvalue weighted by atomic mass is 35.5. The lowest BCUT2D eigenvalue weighted by atomic mass is 10.1. The van der Waals surface area contributed by atoms with E-state index in [1.807, 2.05) is 6.92 Å². The van der Waals surface area contributed by atoms with Crippen LogP contribution in [0, 0.1) is 20.8 Å². The zero-order chi connectivity index (χ0) is 18.1. The third kappa shape index (κ3) is 3.28. The molecule has 3 aromatic rings. The number of hydrogen-bond acceptors (Lipinski definition) is 5. The summed E-state index contributed by atoms with van der Waals surface area (Å²) >= 11 is 6.04. The molecule has 3 rings (SSSR count). The topological polar surface area (TPSA) is 89.3 Å². The Morgan fingerprint density at radius 2 is 2.04 bits per heavy atom. The van der Waals surface area contributed by atoms with Gasteiger partial charge in [0.2, 0.25) is 0 Å². The normalized spacial score (nSPS) is 11.0. The zero-order valence-electron chi connectivity index (χ0n) is 14.1. The number of halogens is 1. The first kappa shape index (κ1) is 17.2. The number of benzene rings is 1. The summed E-state index contributed by atoms with van der Waals surface area (Å²) in [4.78, 5) is 32.9. The van der Waals surface area contributed by atoms with E-state index in [2.05, 4.69) is 15.1 Å². The minimum Gasteiger partial charge on any atom is -0.462 e. The van der Waals surface area contributed by atoms with Gasteiger partial charge in [-0.1, -0.05) is 11.6 Å². The monoisotopic (exact) mass is 360 g/mol. The van der Waals surface area contributed by atoms with Gasteiger partial charge in [-0.15, -0.1) is 0 Å². The molecule has 25 heavy (non-hydrogen) atoms. The van der Waals surface area contributed by atoms with Gasteiger partial charge >= 0.3 is 5.97 Å². The van der Waals surface area contributed by atoms with Crippen LogP contribution < -0.4 is 5.56 Å². The molecule has 1 aromatic carbocycles. The van der Waals surface area contributed by atoms with Crippen molar-refractivity contribution in [2.24, 2.45) is 0 Å². The van der Waals surface area contributed by atoms with Crippen molar-refractivity contribution in [3.63, 3.8) is 0 Å². The molecule has 0 aliphatic rings. The summed E-state index contributed by atoms with van der Waals surface area (Å²) in [6, 6.07) is 3.44. The molecule has 0 amide bonds. The molecule has 7 nitrogen and oxygen atoms in total. The summed E-state index contributed by atoms with van der Waals surface area (Å²) in [5.74, 6) is -0.124. The maximum atomic E-state index is 12.4. The van der Waals surface area contributed by atoms with E-state index < -0.39 is 5.97 Å². The lowest BCUT2D eigenvalue weighted by Crippen LogP contribution is -2.23. The number of carbonyl (C=O) groups is 1. The fourth-order valence-electron chi connectivity index (χ4n) is 2.61. The van der Waals surface area contributed by atoms with Crippen LogP contribution in [0.4, 0.5) is 0 Å². The van der Waals surface area contributed by atoms with Crippen molar-refractivity contribution in [3.05, 3.63) is 61.8 Å². The van der Waals surface area contributed by atoms with Gasteiger partial charge in [0.15, 0.2) is 0 Å². The van der Waals surface area contributed by atoms with E-state index in [4.69, 9.17) is 16.3 Å². The van der Waals surface area contributed by atoms with Crippen LogP contribution in [0.3, 0.4) is 0 Å². The molecule has 130 valence electrons. The lowest BCUT2D eigenvalue weighted by molar-refractivity contribution is 0.0507. The Hall–Kier alpha value is -2.67. The molecule has 0 aliphatic carbocycles. The molecule has 0 atom stereocenters. The summed E-state index contributed by atoms with van der Waals surface area (Å²) in [5.41, 5.74) is 2.84. The number of H-pyrrole nitrogens is 1. The van der Waals surface area contributed by atoms with Gasteiger partial charge in [0, 0.05) is 17.0 Å². The van der Waals surface area contributed by atoms with Crippen LogP contribution in [0.1, 0.15) is 32.7 Å². The van der Waals surface area contributed by atoms with Gasteiger partial charge in [0.1, 0.15) is 6.33 Å². The number of esters is 1. The third-order valence-electron chi connectivity index (χ3n) is 4.04. The first-order valence-electron chi connectivity index (χ1n) is 7.74. The number of aromatic amines is 1. The Balaban J connectivity index is 1.74. The van der Waals surface area contributed by atoms with Crippen LogP contribution in [0.2, 0.25) is 5.02 Å². The summed E-state index contributed by atoms with van der Waals surface area (Å²) in [7, 11) is 0. The van der Waals surface area contributed by atoms with Crippen LogP contribution in [-0.4, -0.2) is 32.2 Å². The van der Waals surface area contributed by atoms with Crippen LogP contribution in [0.15, 0.2) is 23.3 Å². The van der Waals surface area contributed by atoms with Gasteiger partial charge in [-0.05, 0) is 44.0 Å². The molecular weight excluding hydrogens is 344 g/mol. The quantitative estimate of drug-likeness (QED) is 0.721. The summed E-state index contributed by atoms with van der Waals surface area (Å²) in [6.07, 6.45) is 1.68. The van der Waals surface area contributed by atoms with Crippen molar-refractivity contribution >= 4 is 23.3 Å². The average Bonchev–Trinajstić information content (AvgIpc) is 3.02. The van der Waals surface area contributed by atoms with Crippen LogP contribution >= 0.6 is 11.6 Å². The molecule has 0 aliphatic heterocycles. The van der Waals surface area contributed by atoms with Crippen molar-refractivity contribution in [1.82, 2.24) is 19.6 Å². The lowest BCUT2D eigenvalue weighted by Gasteiger charge is -2.10. The van der Waals surface area contributed by atoms with Gasteiger partial charge in [0.05, 0.1) is 17.9 Å². The van der Waals surface area contributed by atoms with Crippen molar-refractivity contribution in [1.29, 1.82) is 0 Å². The maximum Gasteiger partial charge on any atom is 0.338 e. The number of aryl methyl sites for hydroxylation is 3. The Labute approximate surface area is 148 Å². The highest BCUT2D eigenvalue weighted by molar-refractivity contribution is 6.31. The number of fused-ring (bicyclic) bond motifs is 1. The minimum absolute atomic E-state index is 0.0813. The van der Waals surface area contributed by atoms with E-state index in [1.165, 1.54) is 10.8 Å². The SMILES string of the molecule is Cc1cc(C(=O)OCCc2c(C)nc3nc[nH]n3c2=O)c(C)cc1Cl. The van der Waals surface area contributed by atoms with Gasteiger partial charge < -0.3 is 4.74 Å². The largest absolute Gasteiger partial charge is 0.462 e. The molecule has 2 aromatic heterocycles. The minimum atomic E-state index is -0.439. The molecule has 2 heterocycles. The van der Waals surface area contributed by atoms with Gasteiger partial charge in [-0.2, -0.15) is 4.52 Å². The zero-order valence-corrected chi connectivity index (χ0v) is 14.8. The van der Waals surface area contributed by atoms with E-state index in [1.54, 1.807) is 26.0 Å². The maximum absolute atomic E-state index is 12.4. The molecule has 0 saturated heterocycles. The van der Waals surface area contributed by atoms with E-state index in [-0.39, 0.29) is 18.6 Å². The van der Waals surface area contributed by atoms with Gasteiger partial charge in [-0.3, -0.25) is 9.89 Å². The fraction of sp³-hybridized carbons (Fsp3) is 0.294. The Bertz CT molecular complexity index is 1020. The molecule has 0 saturated carbocycles. The van der Waals surface area contributed by atoms with E-state index in [9.17, 15) is 9.59 Å². The molecule has 0 bridgehead atoms. The molecule has 8 heteroatoms. The summed E-state index contributed by atoms with van der Waals surface area (Å²) in [6.45, 7) is 5.44. The van der Waals surface area contributed by atoms with E-state index in [0.717, 1.165) is 11.1 Å². The second-order valence-electron chi connectivity index (χ2n) is 5.81. The Morgan fingerprint density at radius 3 is 2.80 bits per heavy atom. The molecule has 0 radical (unpaired) electrons. The van der Waals surface area contributed by atoms with E-state index in [0.29, 0.717) is 27.6 Å². The number of carbonyl (C=O) groups excluding carboxylic acids is 1. The second kappa shape index (κ2) is 6.68. The summed E-state index contributed by atoms with van der Waals surface area (Å²) in [5, 5.41) is 3.32. The second-order valence-corrected chi connectivity index (χ2v) is 6.21. The highest BCUT2D eigenvalue weighted by Crippen LogP contribution is 2.21. The molecule has 0 fully saturated rings. The number of nitrogens with zero attached hydrogens (tertiary/aromatic N) is 3. The van der Waals surface area contributed by atoms with Gasteiger partial charge in [0.25, 0.3) is 11.3 Å². The Morgan fingerprint density at radius 1 is 1.28 bits per heavy atom. The fourth-order valence-corrected chi connectivity index (χ4v) is 2.83. The molecule has 0 unspecified atom stereocenters. The first-order valence-corrected chi connectivity index (χ1v) is 8.11. The number of ether oxygens (including phenoxy) is 1. The molecule has 1 N–H and O–H groups in total. The van der Waals surface area contributed by atoms with Crippen molar-refractivity contribution < 1.29 is 9.53 Å². The van der Waals surface area contributed by atoms with Crippen LogP contribution in [0.25, 0.3) is 5.78 Å². The van der Waals surface area contributed by atoms with Crippen molar-refractivity contribution in [3.8, 4) is 0 Å². The van der Waals surface area contributed by atoms with Crippen molar-refractivity contribution in [2.75, 3.05) is 6.61 Å². The smallest absolute Gasteiger partial charge is 0.338 e. The van der Waals surface area contributed by atoms with Crippen LogP contribution in [-0.2, 0) is 11.2 Å². The third-order valence-corrected chi connectivity index (χ3v) is 4.45. The predicted molar refractivity (Wildman–Crippen MR) is 93.3 cm³/mol. The standard InChI is InChI=1S/C17H17ClN4O3/c1-9-7-14(18)10(2)6-13(9)16(24)25-5-4-12-11(3)21-17-19-8-20-22(17)15(12)23/h6-8H,4-5H2,1-3H3,(H,19,20,21). The predicted octanol–water partition coefficient (Wildman–Crippen LogP) is 2.40. The van der Waals surface area contributed by atoms with Crippen LogP contribution in [0.5, 0.6) is 0 Å². The number of aromatic nitrogens is 4. The first-order chi connectivity index (χ1) is 11.9. The highest BCUT2D eigenvalue weighted by Gasteiger charge is 2.15. The average molecular weight is 361 g/mol. The molecular formula is C17H17ClN4O3. The van der Waals surface area contributed by atoms with Crippen molar-refractivity contribution in [2.45, 2.75) is 27.2 Å². The van der Waals surface area contributed by atoms with E-state index >= 15 is 0 Å². The number of rotatable bonds is 4. The molecule has 0 spiro atoms.